The van der Waals surface area contributed by atoms with Crippen molar-refractivity contribution in [1.82, 2.24) is 14.7 Å². The summed E-state index contributed by atoms with van der Waals surface area (Å²) in [6, 6.07) is 16.3. The van der Waals surface area contributed by atoms with Crippen LogP contribution in [0.2, 0.25) is 10.0 Å². The normalized spacial score (nSPS) is 21.1. The molecule has 0 saturated carbocycles. The molecule has 0 N–H and O–H groups in total. The number of rotatable bonds is 5. The molecule has 0 radical (unpaired) electrons. The molecular formula is C41H57Cl2N3O6. The number of nitrogens with zero attached hydrogens (tertiary/aromatic N) is 3. The van der Waals surface area contributed by atoms with E-state index in [0.717, 1.165) is 60.6 Å². The summed E-state index contributed by atoms with van der Waals surface area (Å²) >= 11 is 12.0. The van der Waals surface area contributed by atoms with Crippen LogP contribution in [0.15, 0.2) is 72.8 Å². The van der Waals surface area contributed by atoms with Crippen LogP contribution in [-0.2, 0) is 31.8 Å². The van der Waals surface area contributed by atoms with Crippen LogP contribution in [0, 0.1) is 0 Å². The summed E-state index contributed by atoms with van der Waals surface area (Å²) in [6.07, 6.45) is 2.92. The summed E-state index contributed by atoms with van der Waals surface area (Å²) in [5, 5.41) is 1.45. The molecule has 3 saturated heterocycles. The van der Waals surface area contributed by atoms with Crippen molar-refractivity contribution in [1.29, 1.82) is 0 Å². The Bertz CT molecular complexity index is 1490. The second-order valence-corrected chi connectivity index (χ2v) is 16.9. The quantitative estimate of drug-likeness (QED) is 0.283. The molecule has 2 amide bonds. The van der Waals surface area contributed by atoms with E-state index in [0.29, 0.717) is 50.5 Å². The van der Waals surface area contributed by atoms with E-state index in [1.54, 1.807) is 4.90 Å². The molecule has 0 spiro atoms. The van der Waals surface area contributed by atoms with Gasteiger partial charge in [-0.15, -0.1) is 0 Å². The van der Waals surface area contributed by atoms with Gasteiger partial charge >= 0.3 is 12.2 Å². The van der Waals surface area contributed by atoms with Crippen molar-refractivity contribution in [3.8, 4) is 0 Å². The van der Waals surface area contributed by atoms with E-state index in [2.05, 4.69) is 30.2 Å². The van der Waals surface area contributed by atoms with Crippen molar-refractivity contribution in [2.24, 2.45) is 0 Å². The second-order valence-electron chi connectivity index (χ2n) is 16.0. The third-order valence-electron chi connectivity index (χ3n) is 8.93. The molecule has 3 aliphatic rings. The maximum absolute atomic E-state index is 12.6. The predicted octanol–water partition coefficient (Wildman–Crippen LogP) is 8.61. The fourth-order valence-electron chi connectivity index (χ4n) is 6.51. The van der Waals surface area contributed by atoms with Gasteiger partial charge in [0.25, 0.3) is 0 Å². The first-order valence-electron chi connectivity index (χ1n) is 18.2. The number of ether oxygens (including phenoxy) is 4. The number of benzene rings is 2. The van der Waals surface area contributed by atoms with Gasteiger partial charge in [0, 0.05) is 48.3 Å². The highest BCUT2D eigenvalue weighted by atomic mass is 35.5. The van der Waals surface area contributed by atoms with Gasteiger partial charge in [0.1, 0.15) is 11.2 Å². The molecule has 3 heterocycles. The van der Waals surface area contributed by atoms with Crippen LogP contribution in [-0.4, -0.2) is 109 Å². The lowest BCUT2D eigenvalue weighted by Gasteiger charge is -2.41. The van der Waals surface area contributed by atoms with Gasteiger partial charge in [0.05, 0.1) is 32.5 Å². The molecule has 2 atom stereocenters. The molecule has 2 aromatic carbocycles. The first kappa shape index (κ1) is 41.7. The summed E-state index contributed by atoms with van der Waals surface area (Å²) < 4.78 is 22.6. The van der Waals surface area contributed by atoms with Gasteiger partial charge in [0.2, 0.25) is 0 Å². The van der Waals surface area contributed by atoms with Crippen LogP contribution in [0.5, 0.6) is 0 Å². The molecule has 2 unspecified atom stereocenters. The van der Waals surface area contributed by atoms with Gasteiger partial charge < -0.3 is 23.8 Å². The third-order valence-corrected chi connectivity index (χ3v) is 9.43. The molecule has 3 aliphatic heterocycles. The molecule has 9 nitrogen and oxygen atoms in total. The highest BCUT2D eigenvalue weighted by Crippen LogP contribution is 2.26. The Balaban J connectivity index is 0.000000239. The van der Waals surface area contributed by atoms with Crippen LogP contribution < -0.4 is 0 Å². The molecule has 0 aromatic heterocycles. The highest BCUT2D eigenvalue weighted by molar-refractivity contribution is 6.30. The van der Waals surface area contributed by atoms with E-state index in [1.165, 1.54) is 5.56 Å². The topological polar surface area (TPSA) is 80.8 Å². The second kappa shape index (κ2) is 18.8. The fourth-order valence-corrected chi connectivity index (χ4v) is 6.76. The van der Waals surface area contributed by atoms with Crippen molar-refractivity contribution < 1.29 is 28.5 Å². The lowest BCUT2D eigenvalue weighted by Crippen LogP contribution is -2.52. The van der Waals surface area contributed by atoms with E-state index in [-0.39, 0.29) is 24.3 Å². The number of hydrogen-bond acceptors (Lipinski definition) is 7. The molecule has 0 aliphatic carbocycles. The molecule has 2 aromatic rings. The van der Waals surface area contributed by atoms with E-state index in [4.69, 9.17) is 42.1 Å². The van der Waals surface area contributed by atoms with Gasteiger partial charge in [-0.2, -0.15) is 0 Å². The van der Waals surface area contributed by atoms with Crippen molar-refractivity contribution in [3.63, 3.8) is 0 Å². The van der Waals surface area contributed by atoms with Crippen molar-refractivity contribution in [2.45, 2.75) is 96.6 Å². The zero-order valence-electron chi connectivity index (χ0n) is 31.8. The van der Waals surface area contributed by atoms with Crippen LogP contribution in [0.25, 0.3) is 0 Å². The lowest BCUT2D eigenvalue weighted by atomic mass is 9.97. The van der Waals surface area contributed by atoms with Gasteiger partial charge in [0.15, 0.2) is 0 Å². The zero-order valence-corrected chi connectivity index (χ0v) is 33.3. The lowest BCUT2D eigenvalue weighted by molar-refractivity contribution is 0.00876. The summed E-state index contributed by atoms with van der Waals surface area (Å²) in [6.45, 7) is 24.4. The molecule has 286 valence electrons. The smallest absolute Gasteiger partial charge is 0.410 e. The Morgan fingerprint density at radius 2 is 1.15 bits per heavy atom. The van der Waals surface area contributed by atoms with Gasteiger partial charge in [-0.25, -0.2) is 9.59 Å². The fraction of sp³-hybridized carbons (Fsp3) is 0.561. The summed E-state index contributed by atoms with van der Waals surface area (Å²) in [5.74, 6) is 0. The first-order valence-corrected chi connectivity index (χ1v) is 18.9. The molecule has 3 fully saturated rings. The minimum absolute atomic E-state index is 0.0923. The average molecular weight is 759 g/mol. The number of amides is 2. The maximum Gasteiger partial charge on any atom is 0.410 e. The number of carbonyl (C=O) groups is 2. The highest BCUT2D eigenvalue weighted by Gasteiger charge is 2.34. The van der Waals surface area contributed by atoms with Crippen molar-refractivity contribution in [2.75, 3.05) is 52.6 Å². The number of carbonyl (C=O) groups excluding carboxylic acids is 2. The summed E-state index contributed by atoms with van der Waals surface area (Å²) in [7, 11) is 0. The largest absolute Gasteiger partial charge is 0.444 e. The maximum atomic E-state index is 12.6. The average Bonchev–Trinajstić information content (AvgIpc) is 3.36. The monoisotopic (exact) mass is 757 g/mol. The third kappa shape index (κ3) is 13.7. The Morgan fingerprint density at radius 1 is 0.712 bits per heavy atom. The molecular weight excluding hydrogens is 701 g/mol. The van der Waals surface area contributed by atoms with Crippen molar-refractivity contribution in [3.05, 3.63) is 94.0 Å². The van der Waals surface area contributed by atoms with Gasteiger partial charge in [-0.1, -0.05) is 60.6 Å². The molecule has 52 heavy (non-hydrogen) atoms. The Morgan fingerprint density at radius 3 is 1.65 bits per heavy atom. The first-order chi connectivity index (χ1) is 24.5. The minimum atomic E-state index is -0.531. The van der Waals surface area contributed by atoms with Crippen molar-refractivity contribution >= 4 is 35.4 Å². The van der Waals surface area contributed by atoms with Gasteiger partial charge in [-0.05, 0) is 114 Å². The molecule has 11 heteroatoms. The standard InChI is InChI=1S/C23H33ClN2O3.C18H24ClNO3/c1-17-14-26(20-9-11-25(12-10-20)22(27)29-23(2,3)4)21(16-28-15-17)13-18-5-7-19(24)8-6-18;1-13-10-20(17(21)23-18(2,3)4)16(12-22-11-13)9-14-5-7-15(19)8-6-14/h5-8,20-21H,1,9-16H2,2-4H3;5-8,16H,1,9-12H2,2-4H3. The van der Waals surface area contributed by atoms with Crippen LogP contribution in [0.4, 0.5) is 9.59 Å². The van der Waals surface area contributed by atoms with Crippen LogP contribution in [0.1, 0.15) is 65.5 Å². The number of halogens is 2. The molecule has 0 bridgehead atoms. The SMILES string of the molecule is C=C1COCC(Cc2ccc(Cl)cc2)N(C(=O)OC(C)(C)C)C1.C=C1COCC(Cc2ccc(Cl)cc2)N(C2CCN(C(=O)OC(C)(C)C)CC2)C1. The van der Waals surface area contributed by atoms with Gasteiger partial charge in [-0.3, -0.25) is 9.80 Å². The van der Waals surface area contributed by atoms with Crippen LogP contribution >= 0.6 is 23.2 Å². The number of hydrogen-bond donors (Lipinski definition) is 0. The van der Waals surface area contributed by atoms with E-state index < -0.39 is 11.2 Å². The zero-order chi connectivity index (χ0) is 38.1. The minimum Gasteiger partial charge on any atom is -0.444 e. The Kier molecular flexibility index (Phi) is 15.1. The Hall–Kier alpha value is -3.08. The molecule has 5 rings (SSSR count). The van der Waals surface area contributed by atoms with E-state index in [1.807, 2.05) is 82.8 Å². The number of likely N-dealkylation sites (tertiary alicyclic amines) is 1. The number of piperidine rings is 1. The summed E-state index contributed by atoms with van der Waals surface area (Å²) in [4.78, 5) is 31.0. The summed E-state index contributed by atoms with van der Waals surface area (Å²) in [5.41, 5.74) is 3.34. The van der Waals surface area contributed by atoms with Crippen LogP contribution in [0.3, 0.4) is 0 Å². The predicted molar refractivity (Wildman–Crippen MR) is 208 cm³/mol. The van der Waals surface area contributed by atoms with E-state index >= 15 is 0 Å². The van der Waals surface area contributed by atoms with E-state index in [9.17, 15) is 9.59 Å². The Labute approximate surface area is 320 Å².